The van der Waals surface area contributed by atoms with Crippen molar-refractivity contribution in [3.05, 3.63) is 119 Å². The fourth-order valence-corrected chi connectivity index (χ4v) is 4.53. The number of para-hydroxylation sites is 4. The van der Waals surface area contributed by atoms with Gasteiger partial charge in [0.15, 0.2) is 5.78 Å². The number of benzene rings is 4. The Bertz CT molecular complexity index is 2260. The summed E-state index contributed by atoms with van der Waals surface area (Å²) in [5, 5.41) is 18.0. The van der Waals surface area contributed by atoms with Crippen LogP contribution < -0.4 is 18.9 Å². The van der Waals surface area contributed by atoms with Gasteiger partial charge in [-0.25, -0.2) is 43.2 Å². The topological polar surface area (TPSA) is 294 Å². The molecule has 0 heterocycles. The Morgan fingerprint density at radius 1 is 0.397 bits per heavy atom. The molecule has 4 rings (SSSR count). The van der Waals surface area contributed by atoms with Crippen molar-refractivity contribution in [2.45, 2.75) is 6.92 Å². The molecule has 0 bridgehead atoms. The van der Waals surface area contributed by atoms with E-state index in [0.29, 0.717) is 0 Å². The van der Waals surface area contributed by atoms with Crippen LogP contribution in [0.4, 0.5) is 0 Å². The number of methoxy groups -OCH3 is 1. The van der Waals surface area contributed by atoms with Crippen molar-refractivity contribution in [2.75, 3.05) is 46.8 Å². The molecule has 0 fully saturated rings. The second-order valence-electron chi connectivity index (χ2n) is 11.9. The Kier molecular flexibility index (Phi) is 19.9. The monoisotopic (exact) mass is 876 g/mol. The van der Waals surface area contributed by atoms with Crippen LogP contribution in [-0.4, -0.2) is 116 Å². The van der Waals surface area contributed by atoms with Gasteiger partial charge in [-0.15, -0.1) is 0 Å². The number of Topliss-reactive ketones (excluding diaryl/α,β-unsaturated/α-hetero) is 1. The highest BCUT2D eigenvalue weighted by Gasteiger charge is 2.21. The Morgan fingerprint density at radius 3 is 1.02 bits per heavy atom. The number of esters is 7. The van der Waals surface area contributed by atoms with Crippen LogP contribution in [0.2, 0.25) is 0 Å². The molecule has 0 atom stereocenters. The van der Waals surface area contributed by atoms with Crippen molar-refractivity contribution < 1.29 is 101 Å². The van der Waals surface area contributed by atoms with Gasteiger partial charge in [0.1, 0.15) is 84.9 Å². The lowest BCUT2D eigenvalue weighted by molar-refractivity contribution is -0.147. The van der Waals surface area contributed by atoms with Gasteiger partial charge in [-0.05, 0) is 55.5 Å². The van der Waals surface area contributed by atoms with Gasteiger partial charge in [0.05, 0.1) is 7.11 Å². The van der Waals surface area contributed by atoms with Crippen LogP contribution in [0.5, 0.6) is 23.0 Å². The van der Waals surface area contributed by atoms with Crippen molar-refractivity contribution in [3.63, 3.8) is 0 Å². The second-order valence-corrected chi connectivity index (χ2v) is 11.9. The summed E-state index contributed by atoms with van der Waals surface area (Å²) in [5.41, 5.74) is -0.601. The number of rotatable bonds is 20. The van der Waals surface area contributed by atoms with Crippen LogP contribution in [0.1, 0.15) is 48.4 Å². The van der Waals surface area contributed by atoms with Crippen molar-refractivity contribution in [1.82, 2.24) is 0 Å². The first-order valence-electron chi connectivity index (χ1n) is 17.8. The number of carbonyl (C=O) groups excluding carboxylic acids is 8. The minimum absolute atomic E-state index is 0.0279. The molecule has 0 aromatic heterocycles. The van der Waals surface area contributed by atoms with Gasteiger partial charge in [0.2, 0.25) is 0 Å². The third-order valence-corrected chi connectivity index (χ3v) is 7.14. The van der Waals surface area contributed by atoms with E-state index in [1.54, 1.807) is 12.1 Å². The zero-order chi connectivity index (χ0) is 46.3. The zero-order valence-electron chi connectivity index (χ0n) is 33.1. The van der Waals surface area contributed by atoms with Crippen molar-refractivity contribution >= 4 is 59.5 Å². The number of carboxylic acid groups (broad SMARTS) is 2. The van der Waals surface area contributed by atoms with Crippen LogP contribution >= 0.6 is 0 Å². The number of aromatic carboxylic acids is 2. The van der Waals surface area contributed by atoms with Crippen LogP contribution in [0.3, 0.4) is 0 Å². The Labute approximate surface area is 355 Å². The summed E-state index contributed by atoms with van der Waals surface area (Å²) < 4.78 is 43.7. The zero-order valence-corrected chi connectivity index (χ0v) is 33.1. The van der Waals surface area contributed by atoms with Crippen LogP contribution in [0.25, 0.3) is 0 Å². The molecule has 330 valence electrons. The predicted molar refractivity (Wildman–Crippen MR) is 207 cm³/mol. The molecule has 0 saturated heterocycles. The fraction of sp³-hybridized carbons (Fsp3) is 0.190. The number of hydrogen-bond acceptors (Lipinski definition) is 19. The van der Waals surface area contributed by atoms with Gasteiger partial charge < -0.3 is 52.8 Å². The highest BCUT2D eigenvalue weighted by atomic mass is 16.6. The Hall–Kier alpha value is -8.14. The molecule has 0 aliphatic heterocycles. The maximum atomic E-state index is 12.2. The van der Waals surface area contributed by atoms with Crippen molar-refractivity contribution in [2.24, 2.45) is 0 Å². The molecule has 2 N–H and O–H groups in total. The molecule has 0 aliphatic rings. The third kappa shape index (κ3) is 17.2. The summed E-state index contributed by atoms with van der Waals surface area (Å²) in [6.45, 7) is -2.28. The quantitative estimate of drug-likeness (QED) is 0.0733. The summed E-state index contributed by atoms with van der Waals surface area (Å²) in [5.74, 6) is -9.96. The first kappa shape index (κ1) is 49.2. The van der Waals surface area contributed by atoms with Gasteiger partial charge in [-0.3, -0.25) is 4.79 Å². The minimum atomic E-state index is -1.26. The number of carboxylic acids is 2. The first-order chi connectivity index (χ1) is 30.1. The lowest BCUT2D eigenvalue weighted by Gasteiger charge is -2.10. The fourth-order valence-electron chi connectivity index (χ4n) is 4.53. The van der Waals surface area contributed by atoms with E-state index < -0.39 is 86.8 Å². The van der Waals surface area contributed by atoms with E-state index >= 15 is 0 Å². The second kappa shape index (κ2) is 25.5. The number of ether oxygens (including phenoxy) is 9. The van der Waals surface area contributed by atoms with Gasteiger partial charge in [0.25, 0.3) is 0 Å². The number of ketones is 1. The summed E-state index contributed by atoms with van der Waals surface area (Å²) in [6, 6.07) is 22.4. The Morgan fingerprint density at radius 2 is 0.683 bits per heavy atom. The van der Waals surface area contributed by atoms with E-state index in [0.717, 1.165) is 0 Å². The highest BCUT2D eigenvalue weighted by Crippen LogP contribution is 2.22. The third-order valence-electron chi connectivity index (χ3n) is 7.14. The summed E-state index contributed by atoms with van der Waals surface area (Å²) in [7, 11) is 1.18. The molecule has 0 spiro atoms. The number of hydrogen-bond donors (Lipinski definition) is 2. The molecular weight excluding hydrogens is 840 g/mol. The summed E-state index contributed by atoms with van der Waals surface area (Å²) >= 11 is 0. The smallest absolute Gasteiger partial charge is 0.349 e. The van der Waals surface area contributed by atoms with Gasteiger partial charge in [-0.2, -0.15) is 0 Å². The van der Waals surface area contributed by atoms with Crippen LogP contribution in [0, 0.1) is 0 Å². The molecule has 4 aromatic carbocycles. The predicted octanol–water partition coefficient (Wildman–Crippen LogP) is 2.90. The normalized spacial score (nSPS) is 10.1. The molecular formula is C42H36O21. The van der Waals surface area contributed by atoms with Gasteiger partial charge in [0, 0.05) is 0 Å². The molecule has 0 saturated carbocycles. The summed E-state index contributed by atoms with van der Waals surface area (Å²) in [6.07, 6.45) is 0. The molecule has 21 nitrogen and oxygen atoms in total. The van der Waals surface area contributed by atoms with E-state index in [2.05, 4.69) is 9.47 Å². The maximum absolute atomic E-state index is 12.2. The van der Waals surface area contributed by atoms with Crippen LogP contribution in [-0.2, 0) is 52.5 Å². The molecule has 0 unspecified atom stereocenters. The molecule has 0 amide bonds. The largest absolute Gasteiger partial charge is 0.478 e. The molecule has 0 radical (unpaired) electrons. The van der Waals surface area contributed by atoms with Crippen LogP contribution in [0.15, 0.2) is 97.1 Å². The average molecular weight is 877 g/mol. The maximum Gasteiger partial charge on any atom is 0.349 e. The van der Waals surface area contributed by atoms with E-state index in [9.17, 15) is 47.9 Å². The van der Waals surface area contributed by atoms with E-state index in [4.69, 9.17) is 43.4 Å². The van der Waals surface area contributed by atoms with Crippen molar-refractivity contribution in [3.8, 4) is 23.0 Å². The average Bonchev–Trinajstić information content (AvgIpc) is 3.24. The standard InChI is InChI=1S/C24H22O12.C18H14O9/c1-15(25)11-32-14-22(28)36-24(30)17-8-4-6-10-19(17)35-21(27)13-33-12-20(26)34-18-9-5-3-7-16(18)23(29)31-2;19-15(26-13-7-3-1-5-11(13)17(21)22)9-25-10-16(20)27-14-8-4-2-6-12(14)18(23)24/h3-10H,11-14H2,1-2H3;1-8H,9-10H2,(H,21,22)(H,23,24). The minimum Gasteiger partial charge on any atom is -0.478 e. The lowest BCUT2D eigenvalue weighted by atomic mass is 10.2. The lowest BCUT2D eigenvalue weighted by Crippen LogP contribution is -2.23. The first-order valence-corrected chi connectivity index (χ1v) is 17.8. The van der Waals surface area contributed by atoms with Gasteiger partial charge in [-0.1, -0.05) is 48.5 Å². The van der Waals surface area contributed by atoms with Gasteiger partial charge >= 0.3 is 53.7 Å². The Balaban J connectivity index is 0.000000349. The van der Waals surface area contributed by atoms with E-state index in [1.807, 2.05) is 0 Å². The molecule has 21 heteroatoms. The molecule has 4 aromatic rings. The highest BCUT2D eigenvalue weighted by molar-refractivity contribution is 6.00. The van der Waals surface area contributed by atoms with E-state index in [-0.39, 0.29) is 57.6 Å². The van der Waals surface area contributed by atoms with E-state index in [1.165, 1.54) is 99.0 Å². The number of carbonyl (C=O) groups is 10. The molecule has 63 heavy (non-hydrogen) atoms. The van der Waals surface area contributed by atoms with Crippen molar-refractivity contribution in [1.29, 1.82) is 0 Å². The SMILES string of the molecule is COC(=O)c1ccccc1OC(=O)COCC(=O)Oc1ccccc1C(=O)OC(=O)COCC(C)=O.O=C(COCC(=O)Oc1ccccc1C(=O)O)Oc1ccccc1C(=O)O. The molecule has 0 aliphatic carbocycles. The summed E-state index contributed by atoms with van der Waals surface area (Å²) in [4.78, 5) is 116.